The van der Waals surface area contributed by atoms with E-state index >= 15 is 0 Å². The molecule has 0 saturated heterocycles. The molecular formula is C34H38F5N5O4S. The summed E-state index contributed by atoms with van der Waals surface area (Å²) < 4.78 is 76.2. The zero-order valence-corrected chi connectivity index (χ0v) is 27.8. The Bertz CT molecular complexity index is 1740. The first kappa shape index (κ1) is 36.0. The molecule has 1 heterocycles. The summed E-state index contributed by atoms with van der Waals surface area (Å²) in [5, 5.41) is 8.28. The first-order chi connectivity index (χ1) is 23.1. The number of fused-ring (bicyclic) bond motifs is 3. The third kappa shape index (κ3) is 8.31. The third-order valence-corrected chi connectivity index (χ3v) is 9.61. The van der Waals surface area contributed by atoms with Gasteiger partial charge in [-0.2, -0.15) is 13.2 Å². The number of carbonyl (C=O) groups excluding carboxylic acids is 3. The summed E-state index contributed by atoms with van der Waals surface area (Å²) in [6.07, 6.45) is -3.56. The standard InChI is InChI=1S/C34H38F5N5O4S/c1-3-17(2)28(43-27(45)15-20-23(35)8-5-9-24(20)36)31(46)44-33(48-32(47)42-26(30(40)49)14-18-10-11-18)13-12-25-21(16-33)19-6-4-7-22(29(19)41-25)34(37,38)39/h4-9,17-18,26,28,41H,3,10-16H2,1-2H3,(H2,40,49)(H,42,47)(H,43,45)(H,44,46)/t17?,26-,28-,33+/m0/s1. The maximum absolute atomic E-state index is 14.3. The highest BCUT2D eigenvalue weighted by Crippen LogP contribution is 2.40. The minimum absolute atomic E-state index is 0.0324. The van der Waals surface area contributed by atoms with Crippen molar-refractivity contribution in [3.63, 3.8) is 0 Å². The van der Waals surface area contributed by atoms with E-state index in [1.165, 1.54) is 18.2 Å². The molecule has 1 saturated carbocycles. The number of nitrogens with one attached hydrogen (secondary N) is 4. The lowest BCUT2D eigenvalue weighted by atomic mass is 9.87. The second-order valence-corrected chi connectivity index (χ2v) is 13.4. The fourth-order valence-corrected chi connectivity index (χ4v) is 6.43. The van der Waals surface area contributed by atoms with E-state index in [1.807, 2.05) is 0 Å². The molecule has 9 nitrogen and oxygen atoms in total. The lowest BCUT2D eigenvalue weighted by Crippen LogP contribution is -2.62. The smallest absolute Gasteiger partial charge is 0.418 e. The molecule has 5 rings (SSSR count). The number of halogens is 5. The van der Waals surface area contributed by atoms with E-state index < -0.39 is 77.0 Å². The van der Waals surface area contributed by atoms with Gasteiger partial charge in [-0.1, -0.05) is 63.5 Å². The second kappa shape index (κ2) is 14.3. The first-order valence-electron chi connectivity index (χ1n) is 16.1. The van der Waals surface area contributed by atoms with Crippen LogP contribution in [0.25, 0.3) is 10.9 Å². The molecule has 0 spiro atoms. The van der Waals surface area contributed by atoms with Crippen molar-refractivity contribution < 1.29 is 41.1 Å². The summed E-state index contributed by atoms with van der Waals surface area (Å²) in [6.45, 7) is 3.47. The molecule has 2 aliphatic carbocycles. The number of aromatic nitrogens is 1. The molecule has 3 aromatic rings. The van der Waals surface area contributed by atoms with Gasteiger partial charge in [-0.05, 0) is 48.4 Å². The number of amides is 3. The molecule has 0 bridgehead atoms. The van der Waals surface area contributed by atoms with Gasteiger partial charge in [-0.15, -0.1) is 0 Å². The summed E-state index contributed by atoms with van der Waals surface area (Å²) in [5.41, 5.74) is 3.57. The summed E-state index contributed by atoms with van der Waals surface area (Å²) >= 11 is 5.15. The average Bonchev–Trinajstić information content (AvgIpc) is 3.78. The topological polar surface area (TPSA) is 138 Å². The predicted octanol–water partition coefficient (Wildman–Crippen LogP) is 5.72. The van der Waals surface area contributed by atoms with E-state index in [0.29, 0.717) is 30.0 Å². The molecule has 2 aliphatic rings. The van der Waals surface area contributed by atoms with Crippen molar-refractivity contribution in [1.29, 1.82) is 0 Å². The molecule has 1 fully saturated rings. The van der Waals surface area contributed by atoms with Gasteiger partial charge in [0.25, 0.3) is 0 Å². The van der Waals surface area contributed by atoms with Crippen LogP contribution in [0, 0.1) is 23.5 Å². The number of H-pyrrole nitrogens is 1. The first-order valence-corrected chi connectivity index (χ1v) is 16.5. The normalized spacial score (nSPS) is 19.3. The lowest BCUT2D eigenvalue weighted by molar-refractivity contribution is -0.137. The van der Waals surface area contributed by atoms with Crippen LogP contribution in [0.3, 0.4) is 0 Å². The van der Waals surface area contributed by atoms with Crippen molar-refractivity contribution in [2.75, 3.05) is 0 Å². The van der Waals surface area contributed by atoms with E-state index in [4.69, 9.17) is 22.7 Å². The Balaban J connectivity index is 1.45. The molecule has 49 heavy (non-hydrogen) atoms. The number of aryl methyl sites for hydroxylation is 1. The minimum Gasteiger partial charge on any atom is -0.423 e. The van der Waals surface area contributed by atoms with E-state index in [0.717, 1.165) is 31.0 Å². The lowest BCUT2D eigenvalue weighted by Gasteiger charge is -2.39. The van der Waals surface area contributed by atoms with E-state index in [2.05, 4.69) is 20.9 Å². The van der Waals surface area contributed by atoms with Crippen LogP contribution < -0.4 is 21.7 Å². The monoisotopic (exact) mass is 707 g/mol. The number of aromatic amines is 1. The number of ether oxygens (including phenoxy) is 1. The number of alkyl halides is 3. The van der Waals surface area contributed by atoms with Crippen molar-refractivity contribution in [2.45, 2.75) is 89.2 Å². The van der Waals surface area contributed by atoms with E-state index in [9.17, 15) is 36.3 Å². The van der Waals surface area contributed by atoms with Gasteiger partial charge in [-0.25, -0.2) is 13.6 Å². The molecule has 15 heteroatoms. The Hall–Kier alpha value is -4.27. The highest BCUT2D eigenvalue weighted by molar-refractivity contribution is 7.80. The van der Waals surface area contributed by atoms with Crippen LogP contribution in [-0.2, 0) is 39.8 Å². The molecule has 1 aromatic heterocycles. The SMILES string of the molecule is CCC(C)[C@H](NC(=O)Cc1c(F)cccc1F)C(=O)N[C@@]1(OC(=O)N[C@@H](CC2CC2)C(N)=S)CCc2[nH]c3c(C(F)(F)F)cccc3c2C1. The van der Waals surface area contributed by atoms with Crippen LogP contribution in [0.15, 0.2) is 36.4 Å². The van der Waals surface area contributed by atoms with Crippen LogP contribution in [0.1, 0.15) is 68.3 Å². The van der Waals surface area contributed by atoms with Crippen molar-refractivity contribution >= 4 is 46.0 Å². The summed E-state index contributed by atoms with van der Waals surface area (Å²) in [4.78, 5) is 43.4. The van der Waals surface area contributed by atoms with Crippen molar-refractivity contribution in [3.8, 4) is 0 Å². The Morgan fingerprint density at radius 3 is 2.39 bits per heavy atom. The van der Waals surface area contributed by atoms with Gasteiger partial charge in [0.05, 0.1) is 28.5 Å². The van der Waals surface area contributed by atoms with Crippen LogP contribution in [0.4, 0.5) is 26.7 Å². The zero-order chi connectivity index (χ0) is 35.7. The molecule has 6 N–H and O–H groups in total. The van der Waals surface area contributed by atoms with Gasteiger partial charge in [0.15, 0.2) is 5.72 Å². The van der Waals surface area contributed by atoms with Crippen LogP contribution >= 0.6 is 12.2 Å². The van der Waals surface area contributed by atoms with Gasteiger partial charge in [0.1, 0.15) is 17.7 Å². The van der Waals surface area contributed by atoms with Crippen LogP contribution in [0.2, 0.25) is 0 Å². The molecule has 0 aliphatic heterocycles. The summed E-state index contributed by atoms with van der Waals surface area (Å²) in [7, 11) is 0. The van der Waals surface area contributed by atoms with Crippen molar-refractivity contribution in [3.05, 3.63) is 70.4 Å². The van der Waals surface area contributed by atoms with Gasteiger partial charge in [0.2, 0.25) is 11.8 Å². The van der Waals surface area contributed by atoms with Gasteiger partial charge >= 0.3 is 12.3 Å². The van der Waals surface area contributed by atoms with Crippen LogP contribution in [-0.4, -0.2) is 45.7 Å². The third-order valence-electron chi connectivity index (χ3n) is 9.33. The van der Waals surface area contributed by atoms with Gasteiger partial charge < -0.3 is 31.4 Å². The summed E-state index contributed by atoms with van der Waals surface area (Å²) in [6, 6.07) is 5.04. The molecule has 1 unspecified atom stereocenters. The number of para-hydroxylation sites is 1. The fourth-order valence-electron chi connectivity index (χ4n) is 6.27. The highest BCUT2D eigenvalue weighted by atomic mass is 32.1. The second-order valence-electron chi connectivity index (χ2n) is 12.9. The molecule has 264 valence electrons. The predicted molar refractivity (Wildman–Crippen MR) is 175 cm³/mol. The van der Waals surface area contributed by atoms with E-state index in [-0.39, 0.29) is 35.2 Å². The number of benzene rings is 2. The number of alkyl carbamates (subject to hydrolysis) is 1. The van der Waals surface area contributed by atoms with Crippen molar-refractivity contribution in [2.24, 2.45) is 17.6 Å². The molecule has 4 atom stereocenters. The molecule has 2 aromatic carbocycles. The van der Waals surface area contributed by atoms with Crippen molar-refractivity contribution in [1.82, 2.24) is 20.9 Å². The summed E-state index contributed by atoms with van der Waals surface area (Å²) in [5.74, 6) is -3.56. The Kier molecular flexibility index (Phi) is 10.5. The van der Waals surface area contributed by atoms with Gasteiger partial charge in [0, 0.05) is 29.5 Å². The van der Waals surface area contributed by atoms with Gasteiger partial charge in [-0.3, -0.25) is 9.59 Å². The Labute approximate surface area is 284 Å². The molecule has 3 amide bonds. The number of hydrogen-bond donors (Lipinski definition) is 5. The Morgan fingerprint density at radius 1 is 1.10 bits per heavy atom. The maximum atomic E-state index is 14.3. The average molecular weight is 708 g/mol. The highest BCUT2D eigenvalue weighted by Gasteiger charge is 2.44. The number of rotatable bonds is 12. The number of carbonyl (C=O) groups is 3. The Morgan fingerprint density at radius 2 is 1.78 bits per heavy atom. The fraction of sp³-hybridized carbons (Fsp3) is 0.471. The zero-order valence-electron chi connectivity index (χ0n) is 26.9. The van der Waals surface area contributed by atoms with E-state index in [1.54, 1.807) is 13.8 Å². The number of thiocarbonyl (C=S) groups is 1. The maximum Gasteiger partial charge on any atom is 0.418 e. The van der Waals surface area contributed by atoms with Crippen LogP contribution in [0.5, 0.6) is 0 Å². The largest absolute Gasteiger partial charge is 0.423 e. The molecular weight excluding hydrogens is 669 g/mol. The minimum atomic E-state index is -4.64. The number of hydrogen-bond acceptors (Lipinski definition) is 5. The quantitative estimate of drug-likeness (QED) is 0.0928. The molecule has 0 radical (unpaired) electrons. The number of nitrogens with two attached hydrogens (primary N) is 1.